The van der Waals surface area contributed by atoms with Crippen LogP contribution >= 0.6 is 0 Å². The summed E-state index contributed by atoms with van der Waals surface area (Å²) in [5.41, 5.74) is 12.5. The van der Waals surface area contributed by atoms with Crippen LogP contribution in [0.25, 0.3) is 16.9 Å². The van der Waals surface area contributed by atoms with Crippen LogP contribution in [0.5, 0.6) is 11.8 Å². The molecule has 1 saturated heterocycles. The van der Waals surface area contributed by atoms with Crippen molar-refractivity contribution < 1.29 is 9.47 Å². The number of pyridine rings is 1. The summed E-state index contributed by atoms with van der Waals surface area (Å²) in [6, 6.07) is 10.6. The molecule has 1 aromatic carbocycles. The molecule has 0 radical (unpaired) electrons. The molecule has 8 heteroatoms. The Morgan fingerprint density at radius 2 is 2.00 bits per heavy atom. The average molecular weight is 443 g/mol. The fourth-order valence-electron chi connectivity index (χ4n) is 5.12. The minimum Gasteiger partial charge on any atom is -0.495 e. The van der Waals surface area contributed by atoms with Crippen molar-refractivity contribution in [2.45, 2.75) is 12.5 Å². The number of methoxy groups -OCH3 is 1. The van der Waals surface area contributed by atoms with Gasteiger partial charge in [0.15, 0.2) is 0 Å². The predicted molar refractivity (Wildman–Crippen MR) is 127 cm³/mol. The van der Waals surface area contributed by atoms with E-state index in [1.807, 2.05) is 13.1 Å². The Labute approximate surface area is 192 Å². The van der Waals surface area contributed by atoms with Gasteiger partial charge in [0, 0.05) is 43.9 Å². The highest BCUT2D eigenvalue weighted by Gasteiger charge is 2.54. The van der Waals surface area contributed by atoms with E-state index in [1.165, 1.54) is 11.1 Å². The third-order valence-corrected chi connectivity index (χ3v) is 7.04. The van der Waals surface area contributed by atoms with Gasteiger partial charge >= 0.3 is 6.01 Å². The SMILES string of the molecule is C=C(OC)c1ccc(Oc2nc3c(c(N4CC5C(N)C5C4)n2)-c2cccc(NC)c2C3)cn1. The molecule has 33 heavy (non-hydrogen) atoms. The number of ether oxygens (including phenoxy) is 2. The van der Waals surface area contributed by atoms with Gasteiger partial charge in [-0.25, -0.2) is 4.98 Å². The largest absolute Gasteiger partial charge is 0.495 e. The van der Waals surface area contributed by atoms with Crippen LogP contribution in [0.3, 0.4) is 0 Å². The molecular weight excluding hydrogens is 416 g/mol. The van der Waals surface area contributed by atoms with Gasteiger partial charge in [0.25, 0.3) is 0 Å². The van der Waals surface area contributed by atoms with E-state index in [-0.39, 0.29) is 0 Å². The molecule has 1 saturated carbocycles. The highest BCUT2D eigenvalue weighted by atomic mass is 16.5. The molecular formula is C25H26N6O2. The minimum absolute atomic E-state index is 0.321. The van der Waals surface area contributed by atoms with Crippen molar-refractivity contribution in [1.29, 1.82) is 0 Å². The van der Waals surface area contributed by atoms with E-state index in [1.54, 1.807) is 19.4 Å². The Kier molecular flexibility index (Phi) is 4.51. The molecule has 1 aliphatic heterocycles. The number of fused-ring (bicyclic) bond motifs is 4. The Bertz CT molecular complexity index is 1250. The Hall–Kier alpha value is -3.65. The molecule has 3 aliphatic rings. The number of benzene rings is 1. The lowest BCUT2D eigenvalue weighted by molar-refractivity contribution is 0.369. The van der Waals surface area contributed by atoms with Crippen LogP contribution in [0.4, 0.5) is 11.5 Å². The van der Waals surface area contributed by atoms with Gasteiger partial charge in [-0.15, -0.1) is 0 Å². The van der Waals surface area contributed by atoms with Crippen molar-refractivity contribution in [3.8, 4) is 22.9 Å². The van der Waals surface area contributed by atoms with Gasteiger partial charge in [-0.3, -0.25) is 0 Å². The number of hydrogen-bond donors (Lipinski definition) is 2. The van der Waals surface area contributed by atoms with E-state index in [0.29, 0.717) is 41.1 Å². The van der Waals surface area contributed by atoms with E-state index < -0.39 is 0 Å². The van der Waals surface area contributed by atoms with E-state index in [0.717, 1.165) is 42.3 Å². The van der Waals surface area contributed by atoms with Crippen LogP contribution in [0.15, 0.2) is 43.1 Å². The molecule has 3 heterocycles. The second-order valence-corrected chi connectivity index (χ2v) is 8.83. The molecule has 0 bridgehead atoms. The first-order valence-electron chi connectivity index (χ1n) is 11.2. The summed E-state index contributed by atoms with van der Waals surface area (Å²) in [7, 11) is 3.52. The maximum atomic E-state index is 6.20. The first kappa shape index (κ1) is 20.0. The van der Waals surface area contributed by atoms with Gasteiger partial charge in [-0.05, 0) is 41.2 Å². The lowest BCUT2D eigenvalue weighted by Crippen LogP contribution is -2.29. The lowest BCUT2D eigenvalue weighted by atomic mass is 10.1. The Morgan fingerprint density at radius 3 is 2.70 bits per heavy atom. The summed E-state index contributed by atoms with van der Waals surface area (Å²) in [6.45, 7) is 5.67. The fraction of sp³-hybridized carbons (Fsp3) is 0.320. The van der Waals surface area contributed by atoms with Crippen molar-refractivity contribution in [2.24, 2.45) is 17.6 Å². The van der Waals surface area contributed by atoms with E-state index >= 15 is 0 Å². The first-order valence-corrected chi connectivity index (χ1v) is 11.2. The molecule has 3 N–H and O–H groups in total. The van der Waals surface area contributed by atoms with Crippen LogP contribution in [0.1, 0.15) is 17.0 Å². The van der Waals surface area contributed by atoms with Crippen molar-refractivity contribution in [3.05, 3.63) is 60.1 Å². The van der Waals surface area contributed by atoms with Gasteiger partial charge in [0.05, 0.1) is 19.0 Å². The number of rotatable bonds is 6. The number of hydrogen-bond acceptors (Lipinski definition) is 8. The molecule has 8 nitrogen and oxygen atoms in total. The normalized spacial score (nSPS) is 21.8. The maximum Gasteiger partial charge on any atom is 0.324 e. The van der Waals surface area contributed by atoms with Crippen LogP contribution in [-0.2, 0) is 11.2 Å². The smallest absolute Gasteiger partial charge is 0.324 e. The van der Waals surface area contributed by atoms with Crippen LogP contribution in [-0.4, -0.2) is 48.2 Å². The predicted octanol–water partition coefficient (Wildman–Crippen LogP) is 3.29. The van der Waals surface area contributed by atoms with Crippen LogP contribution in [0.2, 0.25) is 0 Å². The first-order chi connectivity index (χ1) is 16.1. The van der Waals surface area contributed by atoms with E-state index in [2.05, 4.69) is 40.0 Å². The Morgan fingerprint density at radius 1 is 1.18 bits per heavy atom. The summed E-state index contributed by atoms with van der Waals surface area (Å²) in [6.07, 6.45) is 2.37. The molecule has 3 aromatic rings. The van der Waals surface area contributed by atoms with Crippen molar-refractivity contribution in [1.82, 2.24) is 15.0 Å². The molecule has 2 fully saturated rings. The lowest BCUT2D eigenvalue weighted by Gasteiger charge is -2.23. The molecule has 0 amide bonds. The van der Waals surface area contributed by atoms with Crippen molar-refractivity contribution >= 4 is 17.3 Å². The van der Waals surface area contributed by atoms with Crippen LogP contribution in [0, 0.1) is 11.8 Å². The van der Waals surface area contributed by atoms with Gasteiger partial charge in [0.2, 0.25) is 0 Å². The third kappa shape index (κ3) is 3.21. The summed E-state index contributed by atoms with van der Waals surface area (Å²) in [4.78, 5) is 16.4. The van der Waals surface area contributed by atoms with Gasteiger partial charge in [-0.1, -0.05) is 18.7 Å². The third-order valence-electron chi connectivity index (χ3n) is 7.04. The summed E-state index contributed by atoms with van der Waals surface area (Å²) >= 11 is 0. The van der Waals surface area contributed by atoms with Gasteiger partial charge in [-0.2, -0.15) is 9.97 Å². The molecule has 2 aromatic heterocycles. The molecule has 2 atom stereocenters. The fourth-order valence-corrected chi connectivity index (χ4v) is 5.12. The highest BCUT2D eigenvalue weighted by molar-refractivity contribution is 5.88. The summed E-state index contributed by atoms with van der Waals surface area (Å²) < 4.78 is 11.2. The second kappa shape index (κ2) is 7.45. The monoisotopic (exact) mass is 442 g/mol. The standard InChI is InChI=1S/C25H26N6O2/c1-13(32-3)19-8-7-14(10-28-19)33-25-29-21-9-16-15(5-4-6-20(16)27-2)22(21)24(30-25)31-11-17-18(12-31)23(17)26/h4-8,10,17-18,23,27H,1,9,11-12,26H2,2-3H3. The molecule has 2 aliphatic carbocycles. The molecule has 6 rings (SSSR count). The molecule has 0 spiro atoms. The average Bonchev–Trinajstić information content (AvgIpc) is 3.19. The zero-order valence-electron chi connectivity index (χ0n) is 18.7. The number of nitrogens with two attached hydrogens (primary N) is 1. The molecule has 168 valence electrons. The number of aromatic nitrogens is 3. The topological polar surface area (TPSA) is 98.4 Å². The van der Waals surface area contributed by atoms with Crippen molar-refractivity contribution in [2.75, 3.05) is 37.5 Å². The number of nitrogens with one attached hydrogen (secondary N) is 1. The minimum atomic E-state index is 0.321. The van der Waals surface area contributed by atoms with Gasteiger partial charge < -0.3 is 25.4 Å². The number of nitrogens with zero attached hydrogens (tertiary/aromatic N) is 4. The number of piperidine rings is 1. The summed E-state index contributed by atoms with van der Waals surface area (Å²) in [5.74, 6) is 3.09. The van der Waals surface area contributed by atoms with Crippen molar-refractivity contribution in [3.63, 3.8) is 0 Å². The van der Waals surface area contributed by atoms with E-state index in [4.69, 9.17) is 25.2 Å². The Balaban J connectivity index is 1.38. The second-order valence-electron chi connectivity index (χ2n) is 8.83. The quantitative estimate of drug-likeness (QED) is 0.439. The van der Waals surface area contributed by atoms with Crippen LogP contribution < -0.4 is 20.7 Å². The zero-order valence-corrected chi connectivity index (χ0v) is 18.7. The zero-order chi connectivity index (χ0) is 22.7. The number of anilines is 2. The highest BCUT2D eigenvalue weighted by Crippen LogP contribution is 2.50. The summed E-state index contributed by atoms with van der Waals surface area (Å²) in [5, 5.41) is 3.31. The molecule has 2 unspecified atom stereocenters. The van der Waals surface area contributed by atoms with Gasteiger partial charge in [0.1, 0.15) is 23.0 Å². The maximum absolute atomic E-state index is 6.20. The van der Waals surface area contributed by atoms with E-state index in [9.17, 15) is 0 Å².